The Labute approximate surface area is 247 Å². The second kappa shape index (κ2) is 16.4. The summed E-state index contributed by atoms with van der Waals surface area (Å²) in [5, 5.41) is 5.92. The molecule has 4 amide bonds. The molecule has 2 fully saturated rings. The summed E-state index contributed by atoms with van der Waals surface area (Å²) in [6.07, 6.45) is 5.35. The fourth-order valence-electron chi connectivity index (χ4n) is 5.38. The molecule has 0 unspecified atom stereocenters. The van der Waals surface area contributed by atoms with Crippen LogP contribution in [-0.2, 0) is 32.3 Å². The third-order valence-corrected chi connectivity index (χ3v) is 7.69. The first-order chi connectivity index (χ1) is 20.5. The van der Waals surface area contributed by atoms with Crippen molar-refractivity contribution in [1.29, 1.82) is 0 Å². The van der Waals surface area contributed by atoms with E-state index in [0.717, 1.165) is 49.7 Å². The minimum Gasteiger partial charge on any atom is -0.445 e. The summed E-state index contributed by atoms with van der Waals surface area (Å²) >= 11 is 0. The molecule has 2 saturated heterocycles. The van der Waals surface area contributed by atoms with Crippen LogP contribution in [0.5, 0.6) is 0 Å². The van der Waals surface area contributed by atoms with E-state index in [2.05, 4.69) is 10.6 Å². The van der Waals surface area contributed by atoms with Gasteiger partial charge in [-0.2, -0.15) is 0 Å². The van der Waals surface area contributed by atoms with Gasteiger partial charge in [0.05, 0.1) is 0 Å². The molecule has 10 heteroatoms. The Morgan fingerprint density at radius 3 is 1.43 bits per heavy atom. The van der Waals surface area contributed by atoms with Gasteiger partial charge in [0.2, 0.25) is 11.8 Å². The summed E-state index contributed by atoms with van der Waals surface area (Å²) in [6, 6.07) is 18.0. The van der Waals surface area contributed by atoms with Crippen molar-refractivity contribution in [3.63, 3.8) is 0 Å². The summed E-state index contributed by atoms with van der Waals surface area (Å²) in [5.74, 6) is -0.278. The number of nitrogens with zero attached hydrogens (tertiary/aromatic N) is 2. The predicted molar refractivity (Wildman–Crippen MR) is 157 cm³/mol. The molecule has 2 aromatic carbocycles. The van der Waals surface area contributed by atoms with E-state index < -0.39 is 24.3 Å². The first-order valence-corrected chi connectivity index (χ1v) is 15.0. The molecule has 42 heavy (non-hydrogen) atoms. The number of carbonyl (C=O) groups excluding carboxylic acids is 4. The van der Waals surface area contributed by atoms with Crippen LogP contribution in [0.25, 0.3) is 0 Å². The van der Waals surface area contributed by atoms with E-state index in [1.54, 1.807) is 0 Å². The van der Waals surface area contributed by atoms with E-state index in [9.17, 15) is 19.2 Å². The highest BCUT2D eigenvalue weighted by Gasteiger charge is 2.36. The number of ether oxygens (including phenoxy) is 2. The number of carbonyl (C=O) groups is 4. The molecule has 0 aromatic heterocycles. The topological polar surface area (TPSA) is 117 Å². The second-order valence-electron chi connectivity index (χ2n) is 10.8. The van der Waals surface area contributed by atoms with Gasteiger partial charge in [0.25, 0.3) is 0 Å². The maximum atomic E-state index is 12.7. The van der Waals surface area contributed by atoms with Gasteiger partial charge in [0.1, 0.15) is 25.3 Å². The molecule has 2 heterocycles. The molecule has 2 aliphatic rings. The zero-order chi connectivity index (χ0) is 29.6. The van der Waals surface area contributed by atoms with Crippen LogP contribution in [0.2, 0.25) is 0 Å². The Morgan fingerprint density at radius 1 is 0.619 bits per heavy atom. The van der Waals surface area contributed by atoms with Crippen molar-refractivity contribution >= 4 is 24.0 Å². The van der Waals surface area contributed by atoms with Crippen LogP contribution in [0.4, 0.5) is 9.59 Å². The fraction of sp³-hybridized carbons (Fsp3) is 0.500. The first kappa shape index (κ1) is 30.9. The third-order valence-electron chi connectivity index (χ3n) is 7.69. The van der Waals surface area contributed by atoms with Gasteiger partial charge in [-0.25, -0.2) is 9.59 Å². The van der Waals surface area contributed by atoms with E-state index in [-0.39, 0.29) is 25.0 Å². The van der Waals surface area contributed by atoms with Crippen molar-refractivity contribution in [2.75, 3.05) is 26.2 Å². The molecule has 2 aliphatic heterocycles. The number of hydrogen-bond acceptors (Lipinski definition) is 6. The maximum absolute atomic E-state index is 12.7. The highest BCUT2D eigenvalue weighted by atomic mass is 16.6. The molecular weight excluding hydrogens is 536 g/mol. The molecule has 0 spiro atoms. The monoisotopic (exact) mass is 578 g/mol. The van der Waals surface area contributed by atoms with Crippen molar-refractivity contribution in [3.05, 3.63) is 71.8 Å². The normalized spacial score (nSPS) is 18.0. The Bertz CT molecular complexity index is 1070. The summed E-state index contributed by atoms with van der Waals surface area (Å²) < 4.78 is 10.8. The van der Waals surface area contributed by atoms with Crippen LogP contribution in [0, 0.1) is 0 Å². The molecule has 2 atom stereocenters. The van der Waals surface area contributed by atoms with E-state index in [0.29, 0.717) is 39.0 Å². The molecule has 0 saturated carbocycles. The Kier molecular flexibility index (Phi) is 12.0. The molecule has 10 nitrogen and oxygen atoms in total. The zero-order valence-electron chi connectivity index (χ0n) is 24.2. The molecule has 0 radical (unpaired) electrons. The summed E-state index contributed by atoms with van der Waals surface area (Å²) in [7, 11) is 0. The zero-order valence-corrected chi connectivity index (χ0v) is 24.2. The van der Waals surface area contributed by atoms with E-state index in [4.69, 9.17) is 9.47 Å². The molecule has 2 N–H and O–H groups in total. The smallest absolute Gasteiger partial charge is 0.410 e. The lowest BCUT2D eigenvalue weighted by atomic mass is 10.1. The van der Waals surface area contributed by atoms with Crippen molar-refractivity contribution in [3.8, 4) is 0 Å². The Hall–Kier alpha value is -4.08. The van der Waals surface area contributed by atoms with Crippen LogP contribution in [0.1, 0.15) is 62.5 Å². The Morgan fingerprint density at radius 2 is 1.02 bits per heavy atom. The van der Waals surface area contributed by atoms with Crippen molar-refractivity contribution in [2.45, 2.75) is 76.7 Å². The van der Waals surface area contributed by atoms with Crippen LogP contribution < -0.4 is 10.6 Å². The molecule has 2 aromatic rings. The summed E-state index contributed by atoms with van der Waals surface area (Å²) in [4.78, 5) is 53.6. The van der Waals surface area contributed by atoms with Crippen LogP contribution >= 0.6 is 0 Å². The van der Waals surface area contributed by atoms with Gasteiger partial charge in [0.15, 0.2) is 0 Å². The lowest BCUT2D eigenvalue weighted by Gasteiger charge is -2.23. The van der Waals surface area contributed by atoms with Gasteiger partial charge in [-0.3, -0.25) is 19.4 Å². The standard InChI is InChI=1S/C32H42N4O6/c37-29(27-17-11-21-35(27)31(39)41-23-25-13-5-3-6-14-25)33-19-9-1-2-10-20-34-30(38)28-18-12-22-36(28)32(40)42-24-26-15-7-4-8-16-26/h3-8,13-16,27-28H,1-2,9-12,17-24H2,(H,33,37)(H,34,38)/t27-,28-/m0/s1. The number of amides is 4. The van der Waals surface area contributed by atoms with E-state index in [1.165, 1.54) is 9.80 Å². The first-order valence-electron chi connectivity index (χ1n) is 15.0. The fourth-order valence-corrected chi connectivity index (χ4v) is 5.38. The highest BCUT2D eigenvalue weighted by molar-refractivity contribution is 5.86. The number of benzene rings is 2. The highest BCUT2D eigenvalue weighted by Crippen LogP contribution is 2.20. The van der Waals surface area contributed by atoms with Crippen LogP contribution in [-0.4, -0.2) is 72.1 Å². The molecule has 226 valence electrons. The summed E-state index contributed by atoms with van der Waals surface area (Å²) in [5.41, 5.74) is 1.82. The number of unbranched alkanes of at least 4 members (excludes halogenated alkanes) is 3. The van der Waals surface area contributed by atoms with Gasteiger partial charge < -0.3 is 20.1 Å². The largest absolute Gasteiger partial charge is 0.445 e. The lowest BCUT2D eigenvalue weighted by Crippen LogP contribution is -2.46. The minimum absolute atomic E-state index is 0.139. The van der Waals surface area contributed by atoms with E-state index >= 15 is 0 Å². The molecule has 4 rings (SSSR count). The molecular formula is C32H42N4O6. The number of nitrogens with one attached hydrogen (secondary N) is 2. The van der Waals surface area contributed by atoms with Crippen molar-refractivity contribution < 1.29 is 28.7 Å². The number of likely N-dealkylation sites (tertiary alicyclic amines) is 2. The van der Waals surface area contributed by atoms with Crippen LogP contribution in [0.3, 0.4) is 0 Å². The van der Waals surface area contributed by atoms with Gasteiger partial charge in [0, 0.05) is 26.2 Å². The SMILES string of the molecule is O=C(NCCCCCCNC(=O)[C@@H]1CCCN1C(=O)OCc1ccccc1)[C@@H]1CCCN1C(=O)OCc1ccccc1. The van der Waals surface area contributed by atoms with Crippen molar-refractivity contribution in [1.82, 2.24) is 20.4 Å². The maximum Gasteiger partial charge on any atom is 0.410 e. The quantitative estimate of drug-likeness (QED) is 0.341. The lowest BCUT2D eigenvalue weighted by molar-refractivity contribution is -0.125. The molecule has 0 bridgehead atoms. The number of rotatable bonds is 13. The van der Waals surface area contributed by atoms with Gasteiger partial charge in [-0.15, -0.1) is 0 Å². The summed E-state index contributed by atoms with van der Waals surface area (Å²) in [6.45, 7) is 2.49. The van der Waals surface area contributed by atoms with Gasteiger partial charge in [-0.05, 0) is 49.7 Å². The average Bonchev–Trinajstić information content (AvgIpc) is 3.72. The van der Waals surface area contributed by atoms with Gasteiger partial charge >= 0.3 is 12.2 Å². The van der Waals surface area contributed by atoms with E-state index in [1.807, 2.05) is 60.7 Å². The van der Waals surface area contributed by atoms with Crippen LogP contribution in [0.15, 0.2) is 60.7 Å². The second-order valence-corrected chi connectivity index (χ2v) is 10.8. The predicted octanol–water partition coefficient (Wildman–Crippen LogP) is 4.38. The van der Waals surface area contributed by atoms with Gasteiger partial charge in [-0.1, -0.05) is 73.5 Å². The minimum atomic E-state index is -0.491. The Balaban J connectivity index is 1.05. The van der Waals surface area contributed by atoms with Crippen molar-refractivity contribution in [2.24, 2.45) is 0 Å². The third kappa shape index (κ3) is 9.22. The number of hydrogen-bond donors (Lipinski definition) is 2. The molecule has 0 aliphatic carbocycles. The average molecular weight is 579 g/mol.